The molecule has 2 heterocycles. The molecule has 1 aromatic carbocycles. The molecule has 2 N–H and O–H groups in total. The van der Waals surface area contributed by atoms with Crippen molar-refractivity contribution in [1.82, 2.24) is 4.90 Å². The topological polar surface area (TPSA) is 64.8 Å². The zero-order valence-electron chi connectivity index (χ0n) is 12.8. The van der Waals surface area contributed by atoms with Gasteiger partial charge in [-0.25, -0.2) is 0 Å². The zero-order valence-corrected chi connectivity index (χ0v) is 13.6. The van der Waals surface area contributed by atoms with E-state index < -0.39 is 0 Å². The van der Waals surface area contributed by atoms with Gasteiger partial charge in [-0.1, -0.05) is 0 Å². The Morgan fingerprint density at radius 1 is 1.50 bits per heavy atom. The molecule has 3 rings (SSSR count). The van der Waals surface area contributed by atoms with Gasteiger partial charge in [0.1, 0.15) is 18.1 Å². The highest BCUT2D eigenvalue weighted by Gasteiger charge is 2.34. The van der Waals surface area contributed by atoms with Gasteiger partial charge in [-0.2, -0.15) is 0 Å². The standard InChI is InChI=1S/C16H22N2O3.ClH/c1-20-14-4-5-15-11(8-14)7-12(10-21-15)16(19)18-6-2-3-13(18)9-17;/h4-5,8,12-13H,2-3,6-7,9-10,17H2,1H3;1H. The lowest BCUT2D eigenvalue weighted by atomic mass is 9.95. The van der Waals surface area contributed by atoms with Crippen molar-refractivity contribution in [3.63, 3.8) is 0 Å². The largest absolute Gasteiger partial charge is 0.497 e. The average Bonchev–Trinajstić information content (AvgIpc) is 3.01. The first-order valence-electron chi connectivity index (χ1n) is 7.53. The van der Waals surface area contributed by atoms with Crippen LogP contribution in [0.25, 0.3) is 0 Å². The summed E-state index contributed by atoms with van der Waals surface area (Å²) in [5, 5.41) is 0. The molecule has 0 spiro atoms. The molecule has 2 aliphatic heterocycles. The Hall–Kier alpha value is -1.46. The summed E-state index contributed by atoms with van der Waals surface area (Å²) in [6, 6.07) is 5.95. The molecule has 1 fully saturated rings. The number of ether oxygens (including phenoxy) is 2. The molecule has 0 aromatic heterocycles. The quantitative estimate of drug-likeness (QED) is 0.916. The van der Waals surface area contributed by atoms with E-state index in [1.54, 1.807) is 7.11 Å². The number of rotatable bonds is 3. The molecule has 2 atom stereocenters. The van der Waals surface area contributed by atoms with Crippen LogP contribution in [0.15, 0.2) is 18.2 Å². The van der Waals surface area contributed by atoms with Crippen LogP contribution < -0.4 is 15.2 Å². The fourth-order valence-electron chi connectivity index (χ4n) is 3.26. The van der Waals surface area contributed by atoms with Crippen molar-refractivity contribution < 1.29 is 14.3 Å². The van der Waals surface area contributed by atoms with Crippen molar-refractivity contribution >= 4 is 18.3 Å². The van der Waals surface area contributed by atoms with E-state index >= 15 is 0 Å². The van der Waals surface area contributed by atoms with E-state index in [0.717, 1.165) is 36.4 Å². The number of hydrogen-bond donors (Lipinski definition) is 1. The summed E-state index contributed by atoms with van der Waals surface area (Å²) in [6.45, 7) is 1.82. The summed E-state index contributed by atoms with van der Waals surface area (Å²) in [5.41, 5.74) is 6.81. The van der Waals surface area contributed by atoms with Gasteiger partial charge in [0.2, 0.25) is 5.91 Å². The van der Waals surface area contributed by atoms with Crippen molar-refractivity contribution in [1.29, 1.82) is 0 Å². The first kappa shape index (κ1) is 16.9. The summed E-state index contributed by atoms with van der Waals surface area (Å²) < 4.78 is 11.0. The van der Waals surface area contributed by atoms with Crippen LogP contribution in [0, 0.1) is 5.92 Å². The predicted octanol–water partition coefficient (Wildman–Crippen LogP) is 1.62. The van der Waals surface area contributed by atoms with E-state index in [0.29, 0.717) is 19.6 Å². The van der Waals surface area contributed by atoms with Crippen molar-refractivity contribution in [2.24, 2.45) is 11.7 Å². The van der Waals surface area contributed by atoms with Gasteiger partial charge in [-0.15, -0.1) is 12.4 Å². The SMILES string of the molecule is COc1ccc2c(c1)CC(C(=O)N1CCCC1CN)CO2.Cl. The summed E-state index contributed by atoms with van der Waals surface area (Å²) in [7, 11) is 1.64. The highest BCUT2D eigenvalue weighted by atomic mass is 35.5. The van der Waals surface area contributed by atoms with Crippen LogP contribution in [0.2, 0.25) is 0 Å². The third-order valence-corrected chi connectivity index (χ3v) is 4.46. The van der Waals surface area contributed by atoms with Gasteiger partial charge in [0.15, 0.2) is 0 Å². The van der Waals surface area contributed by atoms with Crippen LogP contribution in [-0.2, 0) is 11.2 Å². The maximum absolute atomic E-state index is 12.7. The number of methoxy groups -OCH3 is 1. The van der Waals surface area contributed by atoms with Crippen molar-refractivity contribution in [2.75, 3.05) is 26.8 Å². The van der Waals surface area contributed by atoms with Crippen molar-refractivity contribution in [2.45, 2.75) is 25.3 Å². The number of benzene rings is 1. The third-order valence-electron chi connectivity index (χ3n) is 4.46. The molecular weight excluding hydrogens is 304 g/mol. The first-order valence-corrected chi connectivity index (χ1v) is 7.53. The maximum Gasteiger partial charge on any atom is 0.229 e. The number of carbonyl (C=O) groups is 1. The van der Waals surface area contributed by atoms with E-state index in [9.17, 15) is 4.79 Å². The number of nitrogens with two attached hydrogens (primary N) is 1. The van der Waals surface area contributed by atoms with Gasteiger partial charge in [-0.3, -0.25) is 4.79 Å². The summed E-state index contributed by atoms with van der Waals surface area (Å²) >= 11 is 0. The number of carbonyl (C=O) groups excluding carboxylic acids is 1. The number of halogens is 1. The Morgan fingerprint density at radius 2 is 2.32 bits per heavy atom. The lowest BCUT2D eigenvalue weighted by Crippen LogP contribution is -2.45. The molecule has 1 amide bonds. The summed E-state index contributed by atoms with van der Waals surface area (Å²) in [5.74, 6) is 1.72. The van der Waals surface area contributed by atoms with Crippen LogP contribution in [-0.4, -0.2) is 43.7 Å². The summed E-state index contributed by atoms with van der Waals surface area (Å²) in [6.07, 6.45) is 2.77. The molecule has 1 aromatic rings. The van der Waals surface area contributed by atoms with Crippen molar-refractivity contribution in [3.05, 3.63) is 23.8 Å². The smallest absolute Gasteiger partial charge is 0.229 e. The average molecular weight is 327 g/mol. The second kappa shape index (κ2) is 7.20. The Labute approximate surface area is 137 Å². The normalized spacial score (nSPS) is 23.3. The van der Waals surface area contributed by atoms with Crippen LogP contribution in [0.4, 0.5) is 0 Å². The fourth-order valence-corrected chi connectivity index (χ4v) is 3.26. The van der Waals surface area contributed by atoms with E-state index in [2.05, 4.69) is 0 Å². The fraction of sp³-hybridized carbons (Fsp3) is 0.562. The van der Waals surface area contributed by atoms with E-state index in [1.807, 2.05) is 23.1 Å². The van der Waals surface area contributed by atoms with Crippen molar-refractivity contribution in [3.8, 4) is 11.5 Å². The number of nitrogens with zero attached hydrogens (tertiary/aromatic N) is 1. The van der Waals surface area contributed by atoms with Gasteiger partial charge in [0.05, 0.1) is 13.0 Å². The number of hydrogen-bond acceptors (Lipinski definition) is 4. The maximum atomic E-state index is 12.7. The zero-order chi connectivity index (χ0) is 14.8. The molecule has 0 radical (unpaired) electrons. The molecule has 5 nitrogen and oxygen atoms in total. The highest BCUT2D eigenvalue weighted by molar-refractivity contribution is 5.85. The molecular formula is C16H23ClN2O3. The number of likely N-dealkylation sites (tertiary alicyclic amines) is 1. The number of amides is 1. The molecule has 0 bridgehead atoms. The Kier molecular flexibility index (Phi) is 5.53. The predicted molar refractivity (Wildman–Crippen MR) is 86.7 cm³/mol. The highest BCUT2D eigenvalue weighted by Crippen LogP contribution is 2.32. The van der Waals surface area contributed by atoms with Crippen LogP contribution in [0.3, 0.4) is 0 Å². The lowest BCUT2D eigenvalue weighted by Gasteiger charge is -2.31. The molecule has 0 saturated carbocycles. The molecule has 2 aliphatic rings. The van der Waals surface area contributed by atoms with E-state index in [1.165, 1.54) is 0 Å². The summed E-state index contributed by atoms with van der Waals surface area (Å²) in [4.78, 5) is 14.6. The van der Waals surface area contributed by atoms with E-state index in [4.69, 9.17) is 15.2 Å². The second-order valence-electron chi connectivity index (χ2n) is 5.75. The van der Waals surface area contributed by atoms with Crippen LogP contribution >= 0.6 is 12.4 Å². The van der Waals surface area contributed by atoms with E-state index in [-0.39, 0.29) is 30.3 Å². The van der Waals surface area contributed by atoms with Gasteiger partial charge in [-0.05, 0) is 43.0 Å². The van der Waals surface area contributed by atoms with Crippen LogP contribution in [0.1, 0.15) is 18.4 Å². The molecule has 122 valence electrons. The molecule has 0 aliphatic carbocycles. The van der Waals surface area contributed by atoms with Gasteiger partial charge in [0.25, 0.3) is 0 Å². The Morgan fingerprint density at radius 3 is 3.05 bits per heavy atom. The number of fused-ring (bicyclic) bond motifs is 1. The molecule has 22 heavy (non-hydrogen) atoms. The molecule has 6 heteroatoms. The minimum absolute atomic E-state index is 0. The van der Waals surface area contributed by atoms with Gasteiger partial charge in [0, 0.05) is 19.1 Å². The second-order valence-corrected chi connectivity index (χ2v) is 5.75. The Balaban J connectivity index is 0.00000176. The lowest BCUT2D eigenvalue weighted by molar-refractivity contribution is -0.137. The Bertz CT molecular complexity index is 538. The van der Waals surface area contributed by atoms with Crippen LogP contribution in [0.5, 0.6) is 11.5 Å². The van der Waals surface area contributed by atoms with Gasteiger partial charge < -0.3 is 20.1 Å². The van der Waals surface area contributed by atoms with Gasteiger partial charge >= 0.3 is 0 Å². The minimum atomic E-state index is -0.114. The molecule has 1 saturated heterocycles. The minimum Gasteiger partial charge on any atom is -0.497 e. The molecule has 2 unspecified atom stereocenters. The first-order chi connectivity index (χ1) is 10.2. The third kappa shape index (κ3) is 3.15. The monoisotopic (exact) mass is 326 g/mol.